The number of rotatable bonds is 0. The van der Waals surface area contributed by atoms with Gasteiger partial charge in [0, 0.05) is 11.4 Å². The minimum Gasteiger partial charge on any atom is -0.402 e. The van der Waals surface area contributed by atoms with Crippen molar-refractivity contribution in [3.8, 4) is 0 Å². The summed E-state index contributed by atoms with van der Waals surface area (Å²) in [6.45, 7) is 0. The lowest BCUT2D eigenvalue weighted by molar-refractivity contribution is 0.674. The molecule has 4 N–H and O–H groups in total. The van der Waals surface area contributed by atoms with Crippen LogP contribution in [0.25, 0.3) is 0 Å². The van der Waals surface area contributed by atoms with Crippen LogP contribution in [0, 0.1) is 0 Å². The fraction of sp³-hybridized carbons (Fsp3) is 0.600. The molecule has 0 aromatic heterocycles. The highest BCUT2D eigenvalue weighted by atomic mass is 32.2. The fourth-order valence-electron chi connectivity index (χ4n) is 0.796. The maximum absolute atomic E-state index is 11.3. The average Bonchev–Trinajstić information content (AvgIpc) is 1.96. The molecule has 1 unspecified atom stereocenters. The van der Waals surface area contributed by atoms with Gasteiger partial charge in [-0.1, -0.05) is 6.08 Å². The first kappa shape index (κ1) is 7.56. The molecule has 1 rings (SSSR count). The number of nitrogens with zero attached hydrogens (tertiary/aromatic N) is 1. The summed E-state index contributed by atoms with van der Waals surface area (Å²) < 4.78 is 14.7. The van der Waals surface area contributed by atoms with Crippen LogP contribution >= 0.6 is 0 Å². The van der Waals surface area contributed by atoms with Gasteiger partial charge in [0.15, 0.2) is 0 Å². The molecule has 1 aliphatic heterocycles. The van der Waals surface area contributed by atoms with Crippen molar-refractivity contribution in [3.05, 3.63) is 11.8 Å². The molecule has 0 spiro atoms. The van der Waals surface area contributed by atoms with Crippen LogP contribution in [0.2, 0.25) is 0 Å². The van der Waals surface area contributed by atoms with Crippen molar-refractivity contribution >= 4 is 9.73 Å². The van der Waals surface area contributed by atoms with E-state index in [2.05, 4.69) is 4.47 Å². The molecule has 58 valence electrons. The molecule has 1 heterocycles. The largest absolute Gasteiger partial charge is 0.402 e. The van der Waals surface area contributed by atoms with Crippen molar-refractivity contribution in [1.29, 1.82) is 0 Å². The molecule has 4 nitrogen and oxygen atoms in total. The zero-order valence-electron chi connectivity index (χ0n) is 5.62. The Bertz CT molecular complexity index is 262. The normalized spacial score (nSPS) is 33.1. The van der Waals surface area contributed by atoms with Crippen molar-refractivity contribution < 1.29 is 4.21 Å². The van der Waals surface area contributed by atoms with Gasteiger partial charge in [-0.15, -0.1) is 0 Å². The van der Waals surface area contributed by atoms with Gasteiger partial charge in [-0.3, -0.25) is 0 Å². The Kier molecular flexibility index (Phi) is 1.96. The Labute approximate surface area is 60.4 Å². The highest BCUT2D eigenvalue weighted by molar-refractivity contribution is 7.93. The minimum absolute atomic E-state index is 0.412. The standard InChI is InChI=1S/C5H11N3OS/c6-5-1-3-10(9,8-7)4-2-5/h1H,2-4,6-7H2. The van der Waals surface area contributed by atoms with Crippen molar-refractivity contribution in [2.24, 2.45) is 16.0 Å². The van der Waals surface area contributed by atoms with Gasteiger partial charge < -0.3 is 5.73 Å². The first-order valence-electron chi connectivity index (χ1n) is 3.02. The van der Waals surface area contributed by atoms with Crippen LogP contribution in [0.3, 0.4) is 0 Å². The molecule has 0 aromatic rings. The van der Waals surface area contributed by atoms with Crippen molar-refractivity contribution in [3.63, 3.8) is 0 Å². The topological polar surface area (TPSA) is 81.5 Å². The minimum atomic E-state index is -2.11. The Hall–Kier alpha value is -0.550. The van der Waals surface area contributed by atoms with Gasteiger partial charge in [0.05, 0.1) is 15.5 Å². The first-order chi connectivity index (χ1) is 4.66. The first-order valence-corrected chi connectivity index (χ1v) is 4.88. The second-order valence-corrected chi connectivity index (χ2v) is 4.78. The smallest absolute Gasteiger partial charge is 0.0674 e. The van der Waals surface area contributed by atoms with Gasteiger partial charge in [-0.25, -0.2) is 10.1 Å². The summed E-state index contributed by atoms with van der Waals surface area (Å²) in [5.41, 5.74) is 6.26. The van der Waals surface area contributed by atoms with Gasteiger partial charge in [0.25, 0.3) is 0 Å². The third-order valence-corrected chi connectivity index (χ3v) is 3.42. The zero-order valence-corrected chi connectivity index (χ0v) is 6.43. The van der Waals surface area contributed by atoms with Crippen LogP contribution in [-0.2, 0) is 9.73 Å². The summed E-state index contributed by atoms with van der Waals surface area (Å²) in [6, 6.07) is 0. The van der Waals surface area contributed by atoms with E-state index in [9.17, 15) is 4.21 Å². The number of allylic oxidation sites excluding steroid dienone is 1. The molecule has 0 aromatic carbocycles. The summed E-state index contributed by atoms with van der Waals surface area (Å²) in [7, 11) is -2.11. The monoisotopic (exact) mass is 161 g/mol. The van der Waals surface area contributed by atoms with Crippen LogP contribution in [0.15, 0.2) is 16.2 Å². The molecule has 0 saturated carbocycles. The van der Waals surface area contributed by atoms with E-state index in [1.807, 2.05) is 0 Å². The second-order valence-electron chi connectivity index (χ2n) is 2.28. The fourth-order valence-corrected chi connectivity index (χ4v) is 2.18. The highest BCUT2D eigenvalue weighted by Crippen LogP contribution is 2.08. The quantitative estimate of drug-likeness (QED) is 0.374. The lowest BCUT2D eigenvalue weighted by atomic mass is 10.3. The molecule has 0 radical (unpaired) electrons. The molecule has 1 aliphatic rings. The van der Waals surface area contributed by atoms with Crippen LogP contribution < -0.4 is 11.6 Å². The predicted octanol–water partition coefficient (Wildman–Crippen LogP) is -0.426. The van der Waals surface area contributed by atoms with E-state index in [4.69, 9.17) is 11.6 Å². The molecule has 0 aliphatic carbocycles. The summed E-state index contributed by atoms with van der Waals surface area (Å²) in [5.74, 6) is 5.88. The maximum Gasteiger partial charge on any atom is 0.0674 e. The Balaban J connectivity index is 2.86. The van der Waals surface area contributed by atoms with E-state index < -0.39 is 9.73 Å². The lowest BCUT2D eigenvalue weighted by Gasteiger charge is -2.11. The molecule has 5 heteroatoms. The van der Waals surface area contributed by atoms with Gasteiger partial charge in [-0.2, -0.15) is 4.47 Å². The molecule has 0 fully saturated rings. The summed E-state index contributed by atoms with van der Waals surface area (Å²) in [6.07, 6.45) is 2.39. The van der Waals surface area contributed by atoms with E-state index in [0.29, 0.717) is 17.9 Å². The zero-order chi connectivity index (χ0) is 7.61. The van der Waals surface area contributed by atoms with Crippen LogP contribution in [-0.4, -0.2) is 15.7 Å². The number of hydrogen-bond acceptors (Lipinski definition) is 3. The van der Waals surface area contributed by atoms with E-state index in [-0.39, 0.29) is 0 Å². The summed E-state index contributed by atoms with van der Waals surface area (Å²) >= 11 is 0. The molecule has 0 saturated heterocycles. The van der Waals surface area contributed by atoms with E-state index in [1.54, 1.807) is 6.08 Å². The second kappa shape index (κ2) is 2.59. The van der Waals surface area contributed by atoms with Crippen LogP contribution in [0.5, 0.6) is 0 Å². The number of nitrogens with two attached hydrogens (primary N) is 2. The maximum atomic E-state index is 11.3. The molecule has 10 heavy (non-hydrogen) atoms. The molecular weight excluding hydrogens is 150 g/mol. The number of hydrogen-bond donors (Lipinski definition) is 2. The SMILES string of the molecule is NN=S1(=O)CC=C(N)CC1. The van der Waals surface area contributed by atoms with E-state index in [1.165, 1.54) is 0 Å². The average molecular weight is 161 g/mol. The highest BCUT2D eigenvalue weighted by Gasteiger charge is 2.12. The van der Waals surface area contributed by atoms with Crippen molar-refractivity contribution in [2.45, 2.75) is 6.42 Å². The summed E-state index contributed by atoms with van der Waals surface area (Å²) in [5, 5.41) is 0. The van der Waals surface area contributed by atoms with Gasteiger partial charge in [0.1, 0.15) is 0 Å². The summed E-state index contributed by atoms with van der Waals surface area (Å²) in [4.78, 5) is 0. The molecule has 0 amide bonds. The van der Waals surface area contributed by atoms with Gasteiger partial charge >= 0.3 is 0 Å². The van der Waals surface area contributed by atoms with E-state index >= 15 is 0 Å². The molecule has 0 bridgehead atoms. The molecule has 1 atom stereocenters. The Morgan fingerprint density at radius 1 is 1.70 bits per heavy atom. The lowest BCUT2D eigenvalue weighted by Crippen LogP contribution is -2.19. The van der Waals surface area contributed by atoms with Crippen molar-refractivity contribution in [2.75, 3.05) is 11.5 Å². The predicted molar refractivity (Wildman–Crippen MR) is 41.4 cm³/mol. The Morgan fingerprint density at radius 3 is 2.80 bits per heavy atom. The van der Waals surface area contributed by atoms with Crippen LogP contribution in [0.4, 0.5) is 0 Å². The van der Waals surface area contributed by atoms with Crippen molar-refractivity contribution in [1.82, 2.24) is 0 Å². The van der Waals surface area contributed by atoms with Crippen LogP contribution in [0.1, 0.15) is 6.42 Å². The van der Waals surface area contributed by atoms with E-state index in [0.717, 1.165) is 5.70 Å². The Morgan fingerprint density at radius 2 is 2.40 bits per heavy atom. The third kappa shape index (κ3) is 1.48. The molecular formula is C5H11N3OS. The van der Waals surface area contributed by atoms with Gasteiger partial charge in [0.2, 0.25) is 0 Å². The third-order valence-electron chi connectivity index (χ3n) is 1.51. The van der Waals surface area contributed by atoms with Gasteiger partial charge in [-0.05, 0) is 6.42 Å².